The van der Waals surface area contributed by atoms with Crippen LogP contribution in [-0.4, -0.2) is 48.9 Å². The highest BCUT2D eigenvalue weighted by molar-refractivity contribution is 5.72. The summed E-state index contributed by atoms with van der Waals surface area (Å²) >= 11 is 0. The number of benzene rings is 1. The van der Waals surface area contributed by atoms with Crippen molar-refractivity contribution in [3.8, 4) is 5.75 Å². The van der Waals surface area contributed by atoms with Crippen molar-refractivity contribution >= 4 is 5.97 Å². The Balaban J connectivity index is 1.85. The lowest BCUT2D eigenvalue weighted by molar-refractivity contribution is -0.157. The maximum absolute atomic E-state index is 11.2. The van der Waals surface area contributed by atoms with Crippen molar-refractivity contribution in [3.63, 3.8) is 0 Å². The molecule has 2 atom stereocenters. The van der Waals surface area contributed by atoms with Crippen LogP contribution in [0.15, 0.2) is 18.2 Å². The van der Waals surface area contributed by atoms with Gasteiger partial charge in [0.15, 0.2) is 6.10 Å². The third kappa shape index (κ3) is 2.89. The van der Waals surface area contributed by atoms with Crippen LogP contribution in [0.4, 0.5) is 0 Å². The van der Waals surface area contributed by atoms with Gasteiger partial charge in [0.1, 0.15) is 5.75 Å². The molecule has 114 valence electrons. The molecule has 0 bridgehead atoms. The summed E-state index contributed by atoms with van der Waals surface area (Å²) in [6, 6.07) is 6.51. The highest BCUT2D eigenvalue weighted by Gasteiger charge is 2.33. The predicted molar refractivity (Wildman–Crippen MR) is 77.6 cm³/mol. The third-order valence-electron chi connectivity index (χ3n) is 4.45. The van der Waals surface area contributed by atoms with E-state index in [1.54, 1.807) is 7.11 Å². The lowest BCUT2D eigenvalue weighted by Crippen LogP contribution is -2.48. The normalized spacial score (nSPS) is 26.1. The number of rotatable bonds is 3. The summed E-state index contributed by atoms with van der Waals surface area (Å²) < 4.78 is 10.7. The molecule has 5 heteroatoms. The Morgan fingerprint density at radius 3 is 3.10 bits per heavy atom. The van der Waals surface area contributed by atoms with Crippen LogP contribution in [0.1, 0.15) is 30.0 Å². The van der Waals surface area contributed by atoms with Gasteiger partial charge >= 0.3 is 5.97 Å². The van der Waals surface area contributed by atoms with Crippen molar-refractivity contribution < 1.29 is 19.4 Å². The van der Waals surface area contributed by atoms with Gasteiger partial charge in [0, 0.05) is 19.1 Å². The number of morpholine rings is 1. The summed E-state index contributed by atoms with van der Waals surface area (Å²) in [5.74, 6) is -0.00920. The zero-order valence-electron chi connectivity index (χ0n) is 12.2. The van der Waals surface area contributed by atoms with Gasteiger partial charge in [-0.2, -0.15) is 0 Å². The fourth-order valence-corrected chi connectivity index (χ4v) is 3.36. The van der Waals surface area contributed by atoms with Crippen LogP contribution in [0, 0.1) is 0 Å². The van der Waals surface area contributed by atoms with E-state index in [2.05, 4.69) is 17.0 Å². The number of carboxylic acids is 1. The number of hydrogen-bond acceptors (Lipinski definition) is 4. The van der Waals surface area contributed by atoms with Gasteiger partial charge in [-0.05, 0) is 42.5 Å². The Kier molecular flexibility index (Phi) is 4.12. The summed E-state index contributed by atoms with van der Waals surface area (Å²) in [4.78, 5) is 13.4. The van der Waals surface area contributed by atoms with Gasteiger partial charge in [-0.3, -0.25) is 4.90 Å². The van der Waals surface area contributed by atoms with Crippen LogP contribution in [0.2, 0.25) is 0 Å². The van der Waals surface area contributed by atoms with Crippen LogP contribution in [-0.2, 0) is 16.0 Å². The SMILES string of the molecule is COc1ccc2c(c1)C(N1CCOC(C(=O)O)C1)CCC2. The molecule has 1 heterocycles. The van der Waals surface area contributed by atoms with E-state index < -0.39 is 12.1 Å². The minimum atomic E-state index is -0.874. The zero-order valence-corrected chi connectivity index (χ0v) is 12.2. The number of aliphatic carboxylic acids is 1. The Labute approximate surface area is 124 Å². The molecule has 1 N–H and O–H groups in total. The van der Waals surface area contributed by atoms with E-state index in [9.17, 15) is 4.79 Å². The first-order valence-corrected chi connectivity index (χ1v) is 7.44. The van der Waals surface area contributed by atoms with Gasteiger partial charge < -0.3 is 14.6 Å². The smallest absolute Gasteiger partial charge is 0.334 e. The maximum Gasteiger partial charge on any atom is 0.334 e. The lowest BCUT2D eigenvalue weighted by atomic mass is 9.86. The number of aryl methyl sites for hydroxylation is 1. The van der Waals surface area contributed by atoms with Gasteiger partial charge in [0.25, 0.3) is 0 Å². The van der Waals surface area contributed by atoms with E-state index in [0.29, 0.717) is 13.2 Å². The number of nitrogens with zero attached hydrogens (tertiary/aromatic N) is 1. The summed E-state index contributed by atoms with van der Waals surface area (Å²) in [6.07, 6.45) is 2.57. The Hall–Kier alpha value is -1.59. The van der Waals surface area contributed by atoms with E-state index >= 15 is 0 Å². The Morgan fingerprint density at radius 1 is 1.48 bits per heavy atom. The summed E-state index contributed by atoms with van der Waals surface area (Å²) in [5, 5.41) is 9.16. The average molecular weight is 291 g/mol. The topological polar surface area (TPSA) is 59.0 Å². The van der Waals surface area contributed by atoms with Crippen LogP contribution < -0.4 is 4.74 Å². The molecule has 1 aliphatic carbocycles. The molecule has 0 amide bonds. The van der Waals surface area contributed by atoms with Crippen LogP contribution in [0.5, 0.6) is 5.75 Å². The van der Waals surface area contributed by atoms with E-state index in [0.717, 1.165) is 31.6 Å². The highest BCUT2D eigenvalue weighted by Crippen LogP contribution is 2.37. The van der Waals surface area contributed by atoms with E-state index in [4.69, 9.17) is 14.6 Å². The predicted octanol–water partition coefficient (Wildman–Crippen LogP) is 1.86. The molecule has 1 aliphatic heterocycles. The van der Waals surface area contributed by atoms with Gasteiger partial charge in [-0.15, -0.1) is 0 Å². The minimum Gasteiger partial charge on any atom is -0.497 e. The van der Waals surface area contributed by atoms with Gasteiger partial charge in [-0.25, -0.2) is 4.79 Å². The standard InChI is InChI=1S/C16H21NO4/c1-20-12-6-5-11-3-2-4-14(13(11)9-12)17-7-8-21-15(10-17)16(18)19/h5-6,9,14-15H,2-4,7-8,10H2,1H3,(H,18,19). The second kappa shape index (κ2) is 6.03. The second-order valence-corrected chi connectivity index (χ2v) is 5.67. The van der Waals surface area contributed by atoms with Crippen molar-refractivity contribution in [2.24, 2.45) is 0 Å². The number of carboxylic acid groups (broad SMARTS) is 1. The molecule has 1 aromatic rings. The van der Waals surface area contributed by atoms with Gasteiger partial charge in [0.05, 0.1) is 13.7 Å². The molecule has 5 nitrogen and oxygen atoms in total. The Bertz CT molecular complexity index is 531. The lowest BCUT2D eigenvalue weighted by Gasteiger charge is -2.39. The molecule has 1 saturated heterocycles. The van der Waals surface area contributed by atoms with E-state index in [1.807, 2.05) is 6.07 Å². The fraction of sp³-hybridized carbons (Fsp3) is 0.562. The van der Waals surface area contributed by atoms with Gasteiger partial charge in [0.2, 0.25) is 0 Å². The number of ether oxygens (including phenoxy) is 2. The molecular formula is C16H21NO4. The van der Waals surface area contributed by atoms with Crippen molar-refractivity contribution in [2.75, 3.05) is 26.8 Å². The fourth-order valence-electron chi connectivity index (χ4n) is 3.36. The second-order valence-electron chi connectivity index (χ2n) is 5.67. The molecule has 1 fully saturated rings. The van der Waals surface area contributed by atoms with Crippen molar-refractivity contribution in [1.82, 2.24) is 4.90 Å². The van der Waals surface area contributed by atoms with Crippen molar-refractivity contribution in [3.05, 3.63) is 29.3 Å². The van der Waals surface area contributed by atoms with Crippen LogP contribution in [0.3, 0.4) is 0 Å². The molecule has 0 aromatic heterocycles. The molecule has 0 spiro atoms. The molecule has 0 radical (unpaired) electrons. The molecule has 0 saturated carbocycles. The van der Waals surface area contributed by atoms with Crippen LogP contribution >= 0.6 is 0 Å². The molecule has 2 aliphatic rings. The number of carbonyl (C=O) groups is 1. The summed E-state index contributed by atoms with van der Waals surface area (Å²) in [7, 11) is 1.68. The quantitative estimate of drug-likeness (QED) is 0.921. The van der Waals surface area contributed by atoms with Crippen LogP contribution in [0.25, 0.3) is 0 Å². The molecule has 3 rings (SSSR count). The first kappa shape index (κ1) is 14.4. The highest BCUT2D eigenvalue weighted by atomic mass is 16.5. The van der Waals surface area contributed by atoms with Crippen molar-refractivity contribution in [2.45, 2.75) is 31.4 Å². The first-order chi connectivity index (χ1) is 10.2. The summed E-state index contributed by atoms with van der Waals surface area (Å²) in [6.45, 7) is 1.72. The molecular weight excluding hydrogens is 270 g/mol. The Morgan fingerprint density at radius 2 is 2.33 bits per heavy atom. The van der Waals surface area contributed by atoms with E-state index in [-0.39, 0.29) is 6.04 Å². The molecule has 1 aromatic carbocycles. The number of methoxy groups -OCH3 is 1. The minimum absolute atomic E-state index is 0.273. The van der Waals surface area contributed by atoms with Gasteiger partial charge in [-0.1, -0.05) is 6.07 Å². The summed E-state index contributed by atoms with van der Waals surface area (Å²) in [5.41, 5.74) is 2.64. The monoisotopic (exact) mass is 291 g/mol. The first-order valence-electron chi connectivity index (χ1n) is 7.44. The average Bonchev–Trinajstić information content (AvgIpc) is 2.53. The zero-order chi connectivity index (χ0) is 14.8. The maximum atomic E-state index is 11.2. The number of fused-ring (bicyclic) bond motifs is 1. The molecule has 21 heavy (non-hydrogen) atoms. The van der Waals surface area contributed by atoms with E-state index in [1.165, 1.54) is 11.1 Å². The third-order valence-corrected chi connectivity index (χ3v) is 4.45. The number of hydrogen-bond donors (Lipinski definition) is 1. The largest absolute Gasteiger partial charge is 0.497 e. The molecule has 2 unspecified atom stereocenters. The van der Waals surface area contributed by atoms with Crippen molar-refractivity contribution in [1.29, 1.82) is 0 Å².